The van der Waals surface area contributed by atoms with E-state index in [-0.39, 0.29) is 24.3 Å². The molecule has 3 aromatic heterocycles. The van der Waals surface area contributed by atoms with Crippen molar-refractivity contribution in [1.29, 1.82) is 0 Å². The fourth-order valence-electron chi connectivity index (χ4n) is 3.67. The molecule has 1 aliphatic heterocycles. The molecule has 0 radical (unpaired) electrons. The number of rotatable bonds is 6. The maximum absolute atomic E-state index is 12.5. The van der Waals surface area contributed by atoms with Gasteiger partial charge in [-0.15, -0.1) is 10.2 Å². The third-order valence-corrected chi connectivity index (χ3v) is 5.36. The van der Waals surface area contributed by atoms with Crippen LogP contribution >= 0.6 is 0 Å². The molecule has 0 spiro atoms. The van der Waals surface area contributed by atoms with E-state index in [4.69, 9.17) is 0 Å². The van der Waals surface area contributed by atoms with Crippen LogP contribution in [0.4, 0.5) is 0 Å². The first-order valence-electron chi connectivity index (χ1n) is 9.95. The van der Waals surface area contributed by atoms with E-state index in [2.05, 4.69) is 31.5 Å². The quantitative estimate of drug-likeness (QED) is 0.653. The Morgan fingerprint density at radius 1 is 1.23 bits per heavy atom. The van der Waals surface area contributed by atoms with Crippen molar-refractivity contribution < 1.29 is 9.59 Å². The van der Waals surface area contributed by atoms with Crippen LogP contribution in [0.3, 0.4) is 0 Å². The van der Waals surface area contributed by atoms with Gasteiger partial charge in [-0.1, -0.05) is 6.07 Å². The fraction of sp³-hybridized carbons (Fsp3) is 0.381. The van der Waals surface area contributed by atoms with Gasteiger partial charge >= 0.3 is 0 Å². The summed E-state index contributed by atoms with van der Waals surface area (Å²) in [5.41, 5.74) is 2.37. The van der Waals surface area contributed by atoms with Crippen LogP contribution in [0.15, 0.2) is 42.9 Å². The highest BCUT2D eigenvalue weighted by atomic mass is 16.2. The Labute approximate surface area is 174 Å². The van der Waals surface area contributed by atoms with Crippen molar-refractivity contribution in [2.45, 2.75) is 18.9 Å². The summed E-state index contributed by atoms with van der Waals surface area (Å²) in [6.45, 7) is 2.67. The highest BCUT2D eigenvalue weighted by Gasteiger charge is 2.28. The van der Waals surface area contributed by atoms with Crippen molar-refractivity contribution in [3.05, 3.63) is 59.8 Å². The Morgan fingerprint density at radius 3 is 2.87 bits per heavy atom. The average Bonchev–Trinajstić information content (AvgIpc) is 3.38. The van der Waals surface area contributed by atoms with Crippen LogP contribution in [0, 0.1) is 0 Å². The first-order valence-corrected chi connectivity index (χ1v) is 9.95. The van der Waals surface area contributed by atoms with Gasteiger partial charge < -0.3 is 10.2 Å². The number of hydrogen-bond acceptors (Lipinski definition) is 6. The number of hydrogen-bond donors (Lipinski definition) is 1. The smallest absolute Gasteiger partial charge is 0.253 e. The number of likely N-dealkylation sites (tertiary alicyclic amines) is 1. The Morgan fingerprint density at radius 2 is 2.10 bits per heavy atom. The number of likely N-dealkylation sites (N-methyl/N-ethyl adjacent to an activating group) is 1. The number of nitrogens with zero attached hydrogens (tertiary/aromatic N) is 6. The molecule has 1 saturated heterocycles. The van der Waals surface area contributed by atoms with Crippen molar-refractivity contribution in [3.63, 3.8) is 0 Å². The molecule has 9 nitrogen and oxygen atoms in total. The van der Waals surface area contributed by atoms with E-state index < -0.39 is 0 Å². The van der Waals surface area contributed by atoms with E-state index >= 15 is 0 Å². The minimum Gasteiger partial charge on any atom is -0.347 e. The Hall–Kier alpha value is -3.33. The number of amides is 2. The normalized spacial score (nSPS) is 16.7. The van der Waals surface area contributed by atoms with Crippen molar-refractivity contribution in [2.24, 2.45) is 0 Å². The van der Waals surface area contributed by atoms with Gasteiger partial charge in [0.2, 0.25) is 5.91 Å². The molecule has 2 amide bonds. The van der Waals surface area contributed by atoms with Gasteiger partial charge in [-0.2, -0.15) is 0 Å². The maximum Gasteiger partial charge on any atom is 0.253 e. The topological polar surface area (TPSA) is 95.7 Å². The SMILES string of the molecule is CN(C)C(=O)CNC(=O)c1ccc2nnc([C@H]3CCN(Cc4cccnc4)C3)n2c1. The number of nitrogens with one attached hydrogen (secondary N) is 1. The summed E-state index contributed by atoms with van der Waals surface area (Å²) in [5.74, 6) is 0.647. The van der Waals surface area contributed by atoms with E-state index in [1.54, 1.807) is 38.6 Å². The molecular weight excluding hydrogens is 382 g/mol. The van der Waals surface area contributed by atoms with Crippen LogP contribution in [-0.4, -0.2) is 74.9 Å². The summed E-state index contributed by atoms with van der Waals surface area (Å²) < 4.78 is 1.89. The zero-order valence-corrected chi connectivity index (χ0v) is 17.2. The van der Waals surface area contributed by atoms with E-state index in [0.29, 0.717) is 11.2 Å². The lowest BCUT2D eigenvalue weighted by Crippen LogP contribution is -2.36. The third kappa shape index (κ3) is 4.30. The molecule has 1 atom stereocenters. The van der Waals surface area contributed by atoms with Crippen LogP contribution < -0.4 is 5.32 Å². The van der Waals surface area contributed by atoms with E-state index in [1.807, 2.05) is 16.7 Å². The number of aromatic nitrogens is 4. The molecule has 1 N–H and O–H groups in total. The van der Waals surface area contributed by atoms with Crippen LogP contribution in [0.1, 0.15) is 34.1 Å². The van der Waals surface area contributed by atoms with Gasteiger partial charge in [0.1, 0.15) is 5.82 Å². The predicted octanol–water partition coefficient (Wildman–Crippen LogP) is 0.932. The highest BCUT2D eigenvalue weighted by molar-refractivity contribution is 5.96. The Kier molecular flexibility index (Phi) is 5.71. The minimum atomic E-state index is -0.295. The molecule has 3 aromatic rings. The van der Waals surface area contributed by atoms with Crippen molar-refractivity contribution in [1.82, 2.24) is 34.7 Å². The molecule has 0 unspecified atom stereocenters. The number of pyridine rings is 2. The molecule has 30 heavy (non-hydrogen) atoms. The lowest BCUT2D eigenvalue weighted by Gasteiger charge is -2.15. The summed E-state index contributed by atoms with van der Waals surface area (Å²) in [4.78, 5) is 32.2. The van der Waals surface area contributed by atoms with Gasteiger partial charge in [0.15, 0.2) is 5.65 Å². The van der Waals surface area contributed by atoms with Gasteiger partial charge in [-0.3, -0.25) is 23.9 Å². The fourth-order valence-corrected chi connectivity index (χ4v) is 3.67. The van der Waals surface area contributed by atoms with Gasteiger partial charge in [-0.05, 0) is 36.7 Å². The molecule has 4 heterocycles. The molecule has 0 saturated carbocycles. The Bertz CT molecular complexity index is 1050. The van der Waals surface area contributed by atoms with Gasteiger partial charge in [-0.25, -0.2) is 0 Å². The van der Waals surface area contributed by atoms with Gasteiger partial charge in [0.25, 0.3) is 5.91 Å². The molecule has 0 bridgehead atoms. The van der Waals surface area contributed by atoms with E-state index in [1.165, 1.54) is 10.5 Å². The monoisotopic (exact) mass is 407 g/mol. The first kappa shape index (κ1) is 20.0. The van der Waals surface area contributed by atoms with Crippen LogP contribution in [0.25, 0.3) is 5.65 Å². The van der Waals surface area contributed by atoms with E-state index in [0.717, 1.165) is 31.9 Å². The lowest BCUT2D eigenvalue weighted by molar-refractivity contribution is -0.127. The molecule has 156 valence electrons. The maximum atomic E-state index is 12.5. The molecule has 1 fully saturated rings. The first-order chi connectivity index (χ1) is 14.5. The molecule has 0 aromatic carbocycles. The van der Waals surface area contributed by atoms with E-state index in [9.17, 15) is 9.59 Å². The summed E-state index contributed by atoms with van der Waals surface area (Å²) in [6, 6.07) is 7.51. The summed E-state index contributed by atoms with van der Waals surface area (Å²) in [6.07, 6.45) is 6.41. The second kappa shape index (κ2) is 8.58. The highest BCUT2D eigenvalue weighted by Crippen LogP contribution is 2.27. The van der Waals surface area contributed by atoms with Crippen LogP contribution in [0.5, 0.6) is 0 Å². The third-order valence-electron chi connectivity index (χ3n) is 5.36. The van der Waals surface area contributed by atoms with Gasteiger partial charge in [0, 0.05) is 51.7 Å². The minimum absolute atomic E-state index is 0.0369. The number of fused-ring (bicyclic) bond motifs is 1. The molecule has 9 heteroatoms. The summed E-state index contributed by atoms with van der Waals surface area (Å²) in [7, 11) is 3.31. The van der Waals surface area contributed by atoms with Crippen molar-refractivity contribution in [2.75, 3.05) is 33.7 Å². The standard InChI is InChI=1S/C21H25N7O2/c1-26(2)19(29)11-23-21(30)17-5-6-18-24-25-20(28(18)14-17)16-7-9-27(13-16)12-15-4-3-8-22-10-15/h3-6,8,10,14,16H,7,9,11-13H2,1-2H3,(H,23,30)/t16-/m0/s1. The van der Waals surface area contributed by atoms with Crippen molar-refractivity contribution in [3.8, 4) is 0 Å². The second-order valence-electron chi connectivity index (χ2n) is 7.76. The van der Waals surface area contributed by atoms with Gasteiger partial charge in [0.05, 0.1) is 12.1 Å². The average molecular weight is 407 g/mol. The van der Waals surface area contributed by atoms with Crippen LogP contribution in [0.2, 0.25) is 0 Å². The van der Waals surface area contributed by atoms with Crippen molar-refractivity contribution >= 4 is 17.5 Å². The molecular formula is C21H25N7O2. The molecule has 0 aliphatic carbocycles. The number of carbonyl (C=O) groups excluding carboxylic acids is 2. The largest absolute Gasteiger partial charge is 0.347 e. The Balaban J connectivity index is 1.47. The molecule has 4 rings (SSSR count). The molecule has 1 aliphatic rings. The zero-order valence-electron chi connectivity index (χ0n) is 17.2. The van der Waals surface area contributed by atoms with Crippen LogP contribution in [-0.2, 0) is 11.3 Å². The number of carbonyl (C=O) groups is 2. The predicted molar refractivity (Wildman–Crippen MR) is 111 cm³/mol. The zero-order chi connectivity index (χ0) is 21.1. The summed E-state index contributed by atoms with van der Waals surface area (Å²) >= 11 is 0. The second-order valence-corrected chi connectivity index (χ2v) is 7.76. The summed E-state index contributed by atoms with van der Waals surface area (Å²) in [5, 5.41) is 11.3. The lowest BCUT2D eigenvalue weighted by atomic mass is 10.1.